The topological polar surface area (TPSA) is 80.5 Å². The first-order valence-corrected chi connectivity index (χ1v) is 11.4. The number of hydrogen-bond donors (Lipinski definition) is 1. The van der Waals surface area contributed by atoms with Crippen molar-refractivity contribution in [2.24, 2.45) is 11.3 Å². The monoisotopic (exact) mass is 480 g/mol. The molecule has 9 heteroatoms. The minimum atomic E-state index is -4.63. The summed E-state index contributed by atoms with van der Waals surface area (Å²) >= 11 is 0. The second-order valence-corrected chi connectivity index (χ2v) is 9.32. The molecule has 1 amide bonds. The maximum absolute atomic E-state index is 13.5. The highest BCUT2D eigenvalue weighted by atomic mass is 19.4. The molecule has 2 atom stereocenters. The third-order valence-electron chi connectivity index (χ3n) is 7.41. The number of aliphatic hydroxyl groups is 1. The van der Waals surface area contributed by atoms with Gasteiger partial charge >= 0.3 is 6.18 Å². The number of halogens is 3. The van der Waals surface area contributed by atoms with Crippen LogP contribution in [0.15, 0.2) is 54.7 Å². The molecule has 6 nitrogen and oxygen atoms in total. The number of amides is 1. The number of aliphatic hydroxyl groups excluding tert-OH is 1. The van der Waals surface area contributed by atoms with Gasteiger partial charge in [-0.05, 0) is 36.1 Å². The number of rotatable bonds is 3. The van der Waals surface area contributed by atoms with Crippen molar-refractivity contribution in [3.8, 4) is 6.07 Å². The van der Waals surface area contributed by atoms with Crippen LogP contribution in [0.25, 0.3) is 10.8 Å². The van der Waals surface area contributed by atoms with Crippen molar-refractivity contribution in [2.45, 2.75) is 12.6 Å². The van der Waals surface area contributed by atoms with Gasteiger partial charge in [0.2, 0.25) is 0 Å². The fraction of sp³-hybridized carbons (Fsp3) is 0.346. The summed E-state index contributed by atoms with van der Waals surface area (Å²) < 4.78 is 40.4. The molecule has 1 N–H and O–H groups in total. The number of hydrogen-bond acceptors (Lipinski definition) is 5. The van der Waals surface area contributed by atoms with E-state index in [-0.39, 0.29) is 18.4 Å². The van der Waals surface area contributed by atoms with Crippen molar-refractivity contribution in [3.63, 3.8) is 0 Å². The van der Waals surface area contributed by atoms with Crippen LogP contribution in [0.1, 0.15) is 28.0 Å². The lowest BCUT2D eigenvalue weighted by Gasteiger charge is -2.43. The van der Waals surface area contributed by atoms with Crippen molar-refractivity contribution in [2.75, 3.05) is 37.7 Å². The van der Waals surface area contributed by atoms with Crippen LogP contribution in [-0.2, 0) is 6.18 Å². The number of anilines is 1. The van der Waals surface area contributed by atoms with E-state index in [0.717, 1.165) is 16.8 Å². The molecule has 3 heterocycles. The highest BCUT2D eigenvalue weighted by Crippen LogP contribution is 2.44. The Bertz CT molecular complexity index is 1330. The summed E-state index contributed by atoms with van der Waals surface area (Å²) in [6, 6.07) is 14.7. The molecule has 0 radical (unpaired) electrons. The molecule has 2 aliphatic heterocycles. The van der Waals surface area contributed by atoms with Crippen LogP contribution in [0.2, 0.25) is 0 Å². The van der Waals surface area contributed by atoms with Crippen molar-refractivity contribution in [1.29, 1.82) is 5.26 Å². The average Bonchev–Trinajstić information content (AvgIpc) is 3.26. The van der Waals surface area contributed by atoms with E-state index in [4.69, 9.17) is 5.26 Å². The molecule has 0 unspecified atom stereocenters. The van der Waals surface area contributed by atoms with Crippen LogP contribution in [0.5, 0.6) is 0 Å². The summed E-state index contributed by atoms with van der Waals surface area (Å²) in [6.07, 6.45) is -2.50. The number of benzene rings is 2. The highest BCUT2D eigenvalue weighted by molar-refractivity contribution is 6.05. The van der Waals surface area contributed by atoms with Crippen LogP contribution in [-0.4, -0.2) is 53.7 Å². The standard InChI is InChI=1S/C26H23F3N4O2/c27-26(28,29)22-11-20(6-5-18(22)12-30)32-10-8-25(16-34)15-33(14-19(25)13-32)24(35)23-21-4-2-1-3-17(21)7-9-31-23/h1-7,9,11,19,34H,8,10,13-16H2/t19-,25+/m1/s1. The molecule has 2 saturated heterocycles. The molecular formula is C26H23F3N4O2. The van der Waals surface area contributed by atoms with Gasteiger partial charge < -0.3 is 14.9 Å². The van der Waals surface area contributed by atoms with Gasteiger partial charge in [-0.3, -0.25) is 9.78 Å². The molecule has 0 saturated carbocycles. The molecule has 2 aliphatic rings. The Hall–Kier alpha value is -3.64. The van der Waals surface area contributed by atoms with Gasteiger partial charge in [-0.25, -0.2) is 0 Å². The molecule has 2 fully saturated rings. The smallest absolute Gasteiger partial charge is 0.396 e. The summed E-state index contributed by atoms with van der Waals surface area (Å²) in [6.45, 7) is 1.47. The first-order chi connectivity index (χ1) is 16.8. The third-order valence-corrected chi connectivity index (χ3v) is 7.41. The highest BCUT2D eigenvalue weighted by Gasteiger charge is 2.50. The number of fused-ring (bicyclic) bond motifs is 2. The van der Waals surface area contributed by atoms with E-state index < -0.39 is 22.7 Å². The maximum Gasteiger partial charge on any atom is 0.417 e. The predicted molar refractivity (Wildman–Crippen MR) is 124 cm³/mol. The zero-order valence-corrected chi connectivity index (χ0v) is 18.8. The summed E-state index contributed by atoms with van der Waals surface area (Å²) in [7, 11) is 0. The number of likely N-dealkylation sites (tertiary alicyclic amines) is 1. The third kappa shape index (κ3) is 3.98. The summed E-state index contributed by atoms with van der Waals surface area (Å²) in [5.41, 5.74) is -1.15. The lowest BCUT2D eigenvalue weighted by atomic mass is 9.73. The van der Waals surface area contributed by atoms with Crippen LogP contribution in [0.4, 0.5) is 18.9 Å². The Labute approximate surface area is 200 Å². The van der Waals surface area contributed by atoms with Gasteiger partial charge in [0.05, 0.1) is 23.8 Å². The van der Waals surface area contributed by atoms with E-state index in [0.29, 0.717) is 44.0 Å². The molecule has 35 heavy (non-hydrogen) atoms. The molecule has 0 bridgehead atoms. The predicted octanol–water partition coefficient (Wildman–Crippen LogP) is 4.09. The van der Waals surface area contributed by atoms with Gasteiger partial charge in [0.15, 0.2) is 0 Å². The minimum absolute atomic E-state index is 0.112. The van der Waals surface area contributed by atoms with Gasteiger partial charge in [-0.15, -0.1) is 0 Å². The van der Waals surface area contributed by atoms with E-state index in [1.165, 1.54) is 12.1 Å². The van der Waals surface area contributed by atoms with Crippen molar-refractivity contribution in [1.82, 2.24) is 9.88 Å². The minimum Gasteiger partial charge on any atom is -0.396 e. The Morgan fingerprint density at radius 1 is 1.20 bits per heavy atom. The Balaban J connectivity index is 1.41. The summed E-state index contributed by atoms with van der Waals surface area (Å²) in [4.78, 5) is 21.3. The number of pyridine rings is 1. The van der Waals surface area contributed by atoms with Crippen molar-refractivity contribution in [3.05, 3.63) is 71.5 Å². The molecule has 180 valence electrons. The number of carbonyl (C=O) groups is 1. The van der Waals surface area contributed by atoms with E-state index in [9.17, 15) is 23.1 Å². The van der Waals surface area contributed by atoms with Crippen LogP contribution < -0.4 is 4.90 Å². The largest absolute Gasteiger partial charge is 0.417 e. The average molecular weight is 480 g/mol. The fourth-order valence-corrected chi connectivity index (χ4v) is 5.43. The Morgan fingerprint density at radius 2 is 2.00 bits per heavy atom. The van der Waals surface area contributed by atoms with Gasteiger partial charge in [0.25, 0.3) is 5.91 Å². The summed E-state index contributed by atoms with van der Waals surface area (Å²) in [5.74, 6) is -0.335. The normalized spacial score (nSPS) is 22.2. The number of carbonyl (C=O) groups excluding carboxylic acids is 1. The Kier molecular flexibility index (Phi) is 5.64. The number of alkyl halides is 3. The van der Waals surface area contributed by atoms with Crippen LogP contribution >= 0.6 is 0 Å². The van der Waals surface area contributed by atoms with Crippen molar-refractivity contribution < 1.29 is 23.1 Å². The zero-order chi connectivity index (χ0) is 24.8. The molecule has 3 aromatic rings. The number of nitrogens with zero attached hydrogens (tertiary/aromatic N) is 4. The number of piperidine rings is 1. The maximum atomic E-state index is 13.5. The van der Waals surface area contributed by atoms with E-state index >= 15 is 0 Å². The van der Waals surface area contributed by atoms with E-state index in [2.05, 4.69) is 4.98 Å². The lowest BCUT2D eigenvalue weighted by Crippen LogP contribution is -2.49. The SMILES string of the molecule is N#Cc1ccc(N2CC[C@@]3(CO)CN(C(=O)c4nccc5ccccc45)C[C@H]3C2)cc1C(F)(F)F. The molecule has 1 aromatic heterocycles. The number of nitriles is 1. The molecule has 0 aliphatic carbocycles. The zero-order valence-electron chi connectivity index (χ0n) is 18.8. The van der Waals surface area contributed by atoms with Crippen molar-refractivity contribution >= 4 is 22.4 Å². The number of aromatic nitrogens is 1. The quantitative estimate of drug-likeness (QED) is 0.611. The van der Waals surface area contributed by atoms with Gasteiger partial charge in [0.1, 0.15) is 5.69 Å². The lowest BCUT2D eigenvalue weighted by molar-refractivity contribution is -0.137. The molecule has 2 aromatic carbocycles. The molecular weight excluding hydrogens is 457 g/mol. The fourth-order valence-electron chi connectivity index (χ4n) is 5.43. The molecule has 0 spiro atoms. The van der Waals surface area contributed by atoms with Gasteiger partial charge in [-0.2, -0.15) is 18.4 Å². The first kappa shape index (κ1) is 23.1. The summed E-state index contributed by atoms with van der Waals surface area (Å²) in [5, 5.41) is 21.1. The second-order valence-electron chi connectivity index (χ2n) is 9.32. The van der Waals surface area contributed by atoms with Crippen LogP contribution in [0.3, 0.4) is 0 Å². The first-order valence-electron chi connectivity index (χ1n) is 11.4. The van der Waals surface area contributed by atoms with Gasteiger partial charge in [-0.1, -0.05) is 24.3 Å². The van der Waals surface area contributed by atoms with Gasteiger partial charge in [0, 0.05) is 54.8 Å². The second kappa shape index (κ2) is 8.54. The van der Waals surface area contributed by atoms with E-state index in [1.54, 1.807) is 17.2 Å². The molecule has 5 rings (SSSR count). The Morgan fingerprint density at radius 3 is 2.74 bits per heavy atom. The van der Waals surface area contributed by atoms with Crippen LogP contribution in [0, 0.1) is 22.7 Å². The van der Waals surface area contributed by atoms with E-state index in [1.807, 2.05) is 35.2 Å².